The van der Waals surface area contributed by atoms with Crippen LogP contribution in [0.3, 0.4) is 0 Å². The average Bonchev–Trinajstić information content (AvgIpc) is 2.17. The summed E-state index contributed by atoms with van der Waals surface area (Å²) in [5.41, 5.74) is 5.92. The van der Waals surface area contributed by atoms with Gasteiger partial charge in [-0.15, -0.1) is 0 Å². The third-order valence-electron chi connectivity index (χ3n) is 3.44. The van der Waals surface area contributed by atoms with Crippen molar-refractivity contribution in [3.8, 4) is 0 Å². The Morgan fingerprint density at radius 2 is 1.80 bits per heavy atom. The highest BCUT2D eigenvalue weighted by Crippen LogP contribution is 2.29. The van der Waals surface area contributed by atoms with Gasteiger partial charge in [-0.3, -0.25) is 0 Å². The Morgan fingerprint density at radius 1 is 1.13 bits per heavy atom. The zero-order valence-corrected chi connectivity index (χ0v) is 10.1. The highest BCUT2D eigenvalue weighted by atomic mass is 14.9. The minimum Gasteiger partial charge on any atom is -0.316 e. The van der Waals surface area contributed by atoms with Gasteiger partial charge in [0.25, 0.3) is 0 Å². The predicted molar refractivity (Wildman–Crippen MR) is 65.5 cm³/mol. The van der Waals surface area contributed by atoms with Crippen LogP contribution in [0.25, 0.3) is 0 Å². The second-order valence-electron chi connectivity index (χ2n) is 4.86. The van der Waals surface area contributed by atoms with E-state index in [1.165, 1.54) is 36.1 Å². The van der Waals surface area contributed by atoms with Crippen LogP contribution in [0.1, 0.15) is 41.0 Å². The molecule has 0 aliphatic carbocycles. The number of hydrogen-bond acceptors (Lipinski definition) is 1. The Morgan fingerprint density at radius 3 is 2.33 bits per heavy atom. The van der Waals surface area contributed by atoms with Crippen LogP contribution >= 0.6 is 0 Å². The fourth-order valence-electron chi connectivity index (χ4n) is 2.93. The van der Waals surface area contributed by atoms with Gasteiger partial charge >= 0.3 is 0 Å². The molecule has 1 atom stereocenters. The van der Waals surface area contributed by atoms with Gasteiger partial charge in [0.05, 0.1) is 0 Å². The second-order valence-corrected chi connectivity index (χ2v) is 4.86. The van der Waals surface area contributed by atoms with E-state index < -0.39 is 0 Å². The van der Waals surface area contributed by atoms with E-state index in [9.17, 15) is 0 Å². The number of nitrogens with one attached hydrogen (secondary N) is 1. The first-order valence-electron chi connectivity index (χ1n) is 5.97. The van der Waals surface area contributed by atoms with Gasteiger partial charge in [0.1, 0.15) is 0 Å². The maximum Gasteiger partial charge on any atom is 0.00203 e. The summed E-state index contributed by atoms with van der Waals surface area (Å²) >= 11 is 0. The molecule has 2 rings (SSSR count). The van der Waals surface area contributed by atoms with Crippen molar-refractivity contribution in [1.29, 1.82) is 0 Å². The van der Waals surface area contributed by atoms with Crippen LogP contribution in [-0.2, 0) is 0 Å². The van der Waals surface area contributed by atoms with Crippen LogP contribution < -0.4 is 5.32 Å². The first kappa shape index (κ1) is 10.7. The van der Waals surface area contributed by atoms with Crippen LogP contribution in [0.2, 0.25) is 0 Å². The standard InChI is InChI=1S/C14H21N/c1-10-7-11(2)14(12(3)8-10)13-5-4-6-15-9-13/h7-8,13,15H,4-6,9H2,1-3H3. The smallest absolute Gasteiger partial charge is 0.00203 e. The van der Waals surface area contributed by atoms with Crippen LogP contribution in [0.15, 0.2) is 12.1 Å². The maximum atomic E-state index is 3.50. The van der Waals surface area contributed by atoms with Gasteiger partial charge in [0.2, 0.25) is 0 Å². The lowest BCUT2D eigenvalue weighted by Crippen LogP contribution is -2.29. The maximum absolute atomic E-state index is 3.50. The van der Waals surface area contributed by atoms with Crippen molar-refractivity contribution in [3.05, 3.63) is 34.4 Å². The van der Waals surface area contributed by atoms with Gasteiger partial charge in [-0.2, -0.15) is 0 Å². The van der Waals surface area contributed by atoms with Gasteiger partial charge in [0, 0.05) is 6.54 Å². The molecular formula is C14H21N. The molecule has 1 saturated heterocycles. The summed E-state index contributed by atoms with van der Waals surface area (Å²) in [6, 6.07) is 4.63. The highest BCUT2D eigenvalue weighted by molar-refractivity contribution is 5.40. The molecule has 82 valence electrons. The van der Waals surface area contributed by atoms with Crippen molar-refractivity contribution in [1.82, 2.24) is 5.32 Å². The van der Waals surface area contributed by atoms with Crippen molar-refractivity contribution < 1.29 is 0 Å². The number of rotatable bonds is 1. The average molecular weight is 203 g/mol. The number of piperidine rings is 1. The fourth-order valence-corrected chi connectivity index (χ4v) is 2.93. The number of hydrogen-bond donors (Lipinski definition) is 1. The molecule has 1 heterocycles. The molecule has 0 radical (unpaired) electrons. The van der Waals surface area contributed by atoms with Gasteiger partial charge in [-0.05, 0) is 62.8 Å². The van der Waals surface area contributed by atoms with Gasteiger partial charge < -0.3 is 5.32 Å². The summed E-state index contributed by atoms with van der Waals surface area (Å²) in [4.78, 5) is 0. The zero-order chi connectivity index (χ0) is 10.8. The molecule has 0 aromatic heterocycles. The molecule has 1 aliphatic heterocycles. The molecule has 1 aromatic rings. The predicted octanol–water partition coefficient (Wildman–Crippen LogP) is 3.08. The number of benzene rings is 1. The number of aryl methyl sites for hydroxylation is 3. The Balaban J connectivity index is 2.33. The highest BCUT2D eigenvalue weighted by Gasteiger charge is 2.18. The van der Waals surface area contributed by atoms with E-state index in [0.29, 0.717) is 0 Å². The van der Waals surface area contributed by atoms with E-state index in [-0.39, 0.29) is 0 Å². The molecule has 0 saturated carbocycles. The third kappa shape index (κ3) is 2.23. The second kappa shape index (κ2) is 4.36. The summed E-state index contributed by atoms with van der Waals surface area (Å²) < 4.78 is 0. The van der Waals surface area contributed by atoms with Crippen LogP contribution in [0, 0.1) is 20.8 Å². The van der Waals surface area contributed by atoms with Gasteiger partial charge in [-0.1, -0.05) is 17.7 Å². The normalized spacial score (nSPS) is 21.7. The molecule has 1 unspecified atom stereocenters. The molecule has 1 fully saturated rings. The summed E-state index contributed by atoms with van der Waals surface area (Å²) in [6.45, 7) is 9.04. The minimum absolute atomic E-state index is 0.736. The Bertz CT molecular complexity index is 325. The van der Waals surface area contributed by atoms with Gasteiger partial charge in [-0.25, -0.2) is 0 Å². The Kier molecular flexibility index (Phi) is 3.11. The zero-order valence-electron chi connectivity index (χ0n) is 10.1. The topological polar surface area (TPSA) is 12.0 Å². The fraction of sp³-hybridized carbons (Fsp3) is 0.571. The summed E-state index contributed by atoms with van der Waals surface area (Å²) in [6.07, 6.45) is 2.66. The Hall–Kier alpha value is -0.820. The van der Waals surface area contributed by atoms with Crippen molar-refractivity contribution in [3.63, 3.8) is 0 Å². The largest absolute Gasteiger partial charge is 0.316 e. The lowest BCUT2D eigenvalue weighted by Gasteiger charge is -2.26. The molecule has 1 nitrogen and oxygen atoms in total. The molecule has 0 amide bonds. The van der Waals surface area contributed by atoms with Crippen LogP contribution in [0.4, 0.5) is 0 Å². The van der Waals surface area contributed by atoms with E-state index in [0.717, 1.165) is 12.5 Å². The van der Waals surface area contributed by atoms with E-state index in [1.807, 2.05) is 0 Å². The third-order valence-corrected chi connectivity index (χ3v) is 3.44. The van der Waals surface area contributed by atoms with E-state index >= 15 is 0 Å². The molecule has 0 bridgehead atoms. The molecule has 1 N–H and O–H groups in total. The summed E-state index contributed by atoms with van der Waals surface area (Å²) in [5.74, 6) is 0.736. The van der Waals surface area contributed by atoms with Crippen molar-refractivity contribution >= 4 is 0 Å². The lowest BCUT2D eigenvalue weighted by atomic mass is 9.85. The quantitative estimate of drug-likeness (QED) is 0.739. The molecule has 1 aromatic carbocycles. The minimum atomic E-state index is 0.736. The van der Waals surface area contributed by atoms with E-state index in [2.05, 4.69) is 38.2 Å². The molecule has 1 heteroatoms. The van der Waals surface area contributed by atoms with Crippen molar-refractivity contribution in [2.24, 2.45) is 0 Å². The van der Waals surface area contributed by atoms with Crippen molar-refractivity contribution in [2.45, 2.75) is 39.5 Å². The monoisotopic (exact) mass is 203 g/mol. The molecule has 0 spiro atoms. The summed E-state index contributed by atoms with van der Waals surface area (Å²) in [5, 5.41) is 3.50. The van der Waals surface area contributed by atoms with E-state index in [4.69, 9.17) is 0 Å². The first-order chi connectivity index (χ1) is 7.18. The van der Waals surface area contributed by atoms with Crippen LogP contribution in [0.5, 0.6) is 0 Å². The lowest BCUT2D eigenvalue weighted by molar-refractivity contribution is 0.459. The van der Waals surface area contributed by atoms with Crippen molar-refractivity contribution in [2.75, 3.05) is 13.1 Å². The summed E-state index contributed by atoms with van der Waals surface area (Å²) in [7, 11) is 0. The molecular weight excluding hydrogens is 182 g/mol. The Labute approximate surface area is 92.9 Å². The molecule has 1 aliphatic rings. The first-order valence-corrected chi connectivity index (χ1v) is 5.97. The SMILES string of the molecule is Cc1cc(C)c(C2CCCNC2)c(C)c1. The van der Waals surface area contributed by atoms with E-state index in [1.54, 1.807) is 5.56 Å². The van der Waals surface area contributed by atoms with Crippen LogP contribution in [-0.4, -0.2) is 13.1 Å². The molecule has 15 heavy (non-hydrogen) atoms. The van der Waals surface area contributed by atoms with Gasteiger partial charge in [0.15, 0.2) is 0 Å².